The van der Waals surface area contributed by atoms with Gasteiger partial charge in [-0.25, -0.2) is 9.37 Å². The number of fused-ring (bicyclic) bond motifs is 1. The van der Waals surface area contributed by atoms with Crippen LogP contribution in [0.1, 0.15) is 5.56 Å². The fraction of sp³-hybridized carbons (Fsp3) is 0.0714. The average molecular weight is 359 g/mol. The van der Waals surface area contributed by atoms with Gasteiger partial charge in [0, 0.05) is 11.6 Å². The first-order valence-corrected chi connectivity index (χ1v) is 6.66. The molecule has 21 heavy (non-hydrogen) atoms. The Balaban J connectivity index is 2.04. The molecular formula is C14H7BrF4N2. The Morgan fingerprint density at radius 1 is 1.05 bits per heavy atom. The molecule has 108 valence electrons. The molecule has 3 aromatic rings. The highest BCUT2D eigenvalue weighted by molar-refractivity contribution is 9.10. The van der Waals surface area contributed by atoms with Crippen molar-refractivity contribution in [3.05, 3.63) is 52.3 Å². The zero-order valence-electron chi connectivity index (χ0n) is 10.3. The number of imidazole rings is 1. The molecule has 1 heterocycles. The normalized spacial score (nSPS) is 12.0. The highest BCUT2D eigenvalue weighted by atomic mass is 79.9. The van der Waals surface area contributed by atoms with E-state index in [-0.39, 0.29) is 4.47 Å². The maximum Gasteiger partial charge on any atom is 0.416 e. The van der Waals surface area contributed by atoms with Gasteiger partial charge in [0.1, 0.15) is 11.6 Å². The second-order valence-corrected chi connectivity index (χ2v) is 5.30. The number of H-pyrrole nitrogens is 1. The Bertz CT molecular complexity index is 767. The molecule has 0 fully saturated rings. The third kappa shape index (κ3) is 2.65. The van der Waals surface area contributed by atoms with Gasteiger partial charge in [0.15, 0.2) is 0 Å². The number of rotatable bonds is 1. The Morgan fingerprint density at radius 3 is 2.33 bits per heavy atom. The first kappa shape index (κ1) is 14.1. The summed E-state index contributed by atoms with van der Waals surface area (Å²) in [6, 6.07) is 7.41. The van der Waals surface area contributed by atoms with E-state index in [4.69, 9.17) is 0 Å². The van der Waals surface area contributed by atoms with Crippen LogP contribution in [-0.4, -0.2) is 9.97 Å². The largest absolute Gasteiger partial charge is 0.416 e. The second-order valence-electron chi connectivity index (χ2n) is 4.44. The van der Waals surface area contributed by atoms with E-state index in [9.17, 15) is 17.6 Å². The standard InChI is InChI=1S/C14H7BrF4N2/c15-9-5-11-12(6-10(9)16)21-13(20-11)7-1-3-8(4-2-7)14(17,18)19/h1-6H,(H,20,21). The van der Waals surface area contributed by atoms with E-state index < -0.39 is 17.6 Å². The zero-order chi connectivity index (χ0) is 15.2. The van der Waals surface area contributed by atoms with Gasteiger partial charge >= 0.3 is 6.18 Å². The molecule has 0 aliphatic rings. The van der Waals surface area contributed by atoms with Crippen molar-refractivity contribution in [3.8, 4) is 11.4 Å². The Morgan fingerprint density at radius 2 is 1.71 bits per heavy atom. The van der Waals surface area contributed by atoms with Crippen molar-refractivity contribution in [2.24, 2.45) is 0 Å². The number of hydrogen-bond acceptors (Lipinski definition) is 1. The number of aromatic amines is 1. The lowest BCUT2D eigenvalue weighted by Gasteiger charge is -2.06. The average Bonchev–Trinajstić information content (AvgIpc) is 2.81. The van der Waals surface area contributed by atoms with E-state index in [2.05, 4.69) is 25.9 Å². The smallest absolute Gasteiger partial charge is 0.338 e. The SMILES string of the molecule is Fc1cc2nc(-c3ccc(C(F)(F)F)cc3)[nH]c2cc1Br. The van der Waals surface area contributed by atoms with E-state index >= 15 is 0 Å². The third-order valence-corrected chi connectivity index (χ3v) is 3.62. The third-order valence-electron chi connectivity index (χ3n) is 3.01. The lowest BCUT2D eigenvalue weighted by Crippen LogP contribution is -2.04. The molecule has 0 unspecified atom stereocenters. The van der Waals surface area contributed by atoms with Gasteiger partial charge in [-0.05, 0) is 34.1 Å². The summed E-state index contributed by atoms with van der Waals surface area (Å²) >= 11 is 3.07. The molecule has 1 N–H and O–H groups in total. The van der Waals surface area contributed by atoms with Crippen LogP contribution in [0.25, 0.3) is 22.4 Å². The summed E-state index contributed by atoms with van der Waals surface area (Å²) in [5.74, 6) is -0.0656. The number of benzene rings is 2. The van der Waals surface area contributed by atoms with Gasteiger partial charge in [-0.1, -0.05) is 12.1 Å². The zero-order valence-corrected chi connectivity index (χ0v) is 11.9. The van der Waals surface area contributed by atoms with Crippen LogP contribution < -0.4 is 0 Å². The van der Waals surface area contributed by atoms with Gasteiger partial charge in [-0.3, -0.25) is 0 Å². The Kier molecular flexibility index (Phi) is 3.24. The summed E-state index contributed by atoms with van der Waals surface area (Å²) in [6.07, 6.45) is -4.37. The van der Waals surface area contributed by atoms with E-state index in [1.54, 1.807) is 0 Å². The molecule has 2 aromatic carbocycles. The van der Waals surface area contributed by atoms with Crippen LogP contribution in [-0.2, 0) is 6.18 Å². The summed E-state index contributed by atoms with van der Waals surface area (Å²) < 4.78 is 51.2. The van der Waals surface area contributed by atoms with Crippen LogP contribution in [0.2, 0.25) is 0 Å². The Labute approximate surface area is 124 Å². The van der Waals surface area contributed by atoms with Crippen molar-refractivity contribution >= 4 is 27.0 Å². The lowest BCUT2D eigenvalue weighted by molar-refractivity contribution is -0.137. The van der Waals surface area contributed by atoms with Crippen LogP contribution >= 0.6 is 15.9 Å². The van der Waals surface area contributed by atoms with Gasteiger partial charge in [-0.15, -0.1) is 0 Å². The molecule has 0 saturated carbocycles. The van der Waals surface area contributed by atoms with Crippen LogP contribution in [0.4, 0.5) is 17.6 Å². The molecule has 0 aliphatic heterocycles. The highest BCUT2D eigenvalue weighted by Gasteiger charge is 2.30. The fourth-order valence-electron chi connectivity index (χ4n) is 1.96. The van der Waals surface area contributed by atoms with E-state index in [1.165, 1.54) is 24.3 Å². The number of nitrogens with zero attached hydrogens (tertiary/aromatic N) is 1. The minimum Gasteiger partial charge on any atom is -0.338 e. The number of alkyl halides is 3. The summed E-state index contributed by atoms with van der Waals surface area (Å²) in [5, 5.41) is 0. The number of halogens is 5. The van der Waals surface area contributed by atoms with Gasteiger partial charge in [0.05, 0.1) is 21.1 Å². The molecule has 0 aliphatic carbocycles. The van der Waals surface area contributed by atoms with E-state index in [1.807, 2.05) is 0 Å². The number of hydrogen-bond donors (Lipinski definition) is 1. The summed E-state index contributed by atoms with van der Waals surface area (Å²) in [7, 11) is 0. The van der Waals surface area contributed by atoms with Crippen molar-refractivity contribution in [1.29, 1.82) is 0 Å². The molecule has 0 radical (unpaired) electrons. The predicted octanol–water partition coefficient (Wildman–Crippen LogP) is 5.15. The van der Waals surface area contributed by atoms with E-state index in [0.29, 0.717) is 22.4 Å². The maximum atomic E-state index is 13.4. The minimum absolute atomic E-state index is 0.289. The monoisotopic (exact) mass is 358 g/mol. The predicted molar refractivity (Wildman–Crippen MR) is 74.2 cm³/mol. The highest BCUT2D eigenvalue weighted by Crippen LogP contribution is 2.31. The molecule has 2 nitrogen and oxygen atoms in total. The fourth-order valence-corrected chi connectivity index (χ4v) is 2.30. The molecule has 1 aromatic heterocycles. The molecule has 0 atom stereocenters. The van der Waals surface area contributed by atoms with Gasteiger partial charge in [0.2, 0.25) is 0 Å². The van der Waals surface area contributed by atoms with Crippen molar-refractivity contribution in [2.45, 2.75) is 6.18 Å². The minimum atomic E-state index is -4.37. The number of aromatic nitrogens is 2. The molecule has 0 bridgehead atoms. The first-order valence-electron chi connectivity index (χ1n) is 5.87. The maximum absolute atomic E-state index is 13.4. The van der Waals surface area contributed by atoms with Crippen molar-refractivity contribution in [2.75, 3.05) is 0 Å². The second kappa shape index (κ2) is 4.84. The summed E-state index contributed by atoms with van der Waals surface area (Å²) in [4.78, 5) is 7.13. The molecular weight excluding hydrogens is 352 g/mol. The van der Waals surface area contributed by atoms with Crippen molar-refractivity contribution in [1.82, 2.24) is 9.97 Å². The molecule has 0 saturated heterocycles. The molecule has 0 amide bonds. The van der Waals surface area contributed by atoms with E-state index in [0.717, 1.165) is 12.1 Å². The molecule has 0 spiro atoms. The van der Waals surface area contributed by atoms with Crippen molar-refractivity contribution < 1.29 is 17.6 Å². The van der Waals surface area contributed by atoms with Crippen LogP contribution in [0, 0.1) is 5.82 Å². The first-order chi connectivity index (χ1) is 9.84. The van der Waals surface area contributed by atoms with Gasteiger partial charge in [0.25, 0.3) is 0 Å². The molecule has 7 heteroatoms. The quantitative estimate of drug-likeness (QED) is 0.598. The van der Waals surface area contributed by atoms with Crippen LogP contribution in [0.3, 0.4) is 0 Å². The molecule has 3 rings (SSSR count). The lowest BCUT2D eigenvalue weighted by atomic mass is 10.1. The summed E-state index contributed by atoms with van der Waals surface area (Å²) in [5.41, 5.74) is 0.774. The van der Waals surface area contributed by atoms with Crippen molar-refractivity contribution in [3.63, 3.8) is 0 Å². The van der Waals surface area contributed by atoms with Gasteiger partial charge < -0.3 is 4.98 Å². The number of nitrogens with one attached hydrogen (secondary N) is 1. The van der Waals surface area contributed by atoms with Gasteiger partial charge in [-0.2, -0.15) is 13.2 Å². The van der Waals surface area contributed by atoms with Crippen LogP contribution in [0.5, 0.6) is 0 Å². The Hall–Kier alpha value is -1.89. The topological polar surface area (TPSA) is 28.7 Å². The summed E-state index contributed by atoms with van der Waals surface area (Å²) in [6.45, 7) is 0. The van der Waals surface area contributed by atoms with Crippen LogP contribution in [0.15, 0.2) is 40.9 Å².